The van der Waals surface area contributed by atoms with E-state index < -0.39 is 0 Å². The normalized spacial score (nSPS) is 11.0. The van der Waals surface area contributed by atoms with Crippen molar-refractivity contribution in [1.29, 1.82) is 0 Å². The number of anilines is 1. The number of H-pyrrole nitrogens is 2. The van der Waals surface area contributed by atoms with Gasteiger partial charge in [0.05, 0.1) is 11.1 Å². The molecule has 2 aromatic carbocycles. The van der Waals surface area contributed by atoms with Crippen LogP contribution in [0.4, 0.5) is 10.3 Å². The van der Waals surface area contributed by atoms with E-state index in [0.29, 0.717) is 27.9 Å². The van der Waals surface area contributed by atoms with Crippen LogP contribution in [0.15, 0.2) is 59.4 Å². The number of benzene rings is 2. The van der Waals surface area contributed by atoms with E-state index in [0.717, 1.165) is 5.56 Å². The van der Waals surface area contributed by atoms with Crippen LogP contribution in [0, 0.1) is 5.82 Å². The van der Waals surface area contributed by atoms with E-state index in [4.69, 9.17) is 5.73 Å². The molecule has 4 N–H and O–H groups in total. The average molecular weight is 320 g/mol. The molecular formula is C18H13FN4O. The number of nitrogen functional groups attached to an aromatic ring is 1. The number of nitrogens with one attached hydrogen (secondary N) is 2. The van der Waals surface area contributed by atoms with Crippen LogP contribution in [-0.4, -0.2) is 15.0 Å². The van der Waals surface area contributed by atoms with Gasteiger partial charge >= 0.3 is 0 Å². The molecule has 0 fully saturated rings. The van der Waals surface area contributed by atoms with Crippen LogP contribution < -0.4 is 11.3 Å². The topological polar surface area (TPSA) is 87.6 Å². The molecule has 0 spiro atoms. The molecule has 0 unspecified atom stereocenters. The van der Waals surface area contributed by atoms with E-state index in [9.17, 15) is 9.18 Å². The zero-order chi connectivity index (χ0) is 16.7. The van der Waals surface area contributed by atoms with Crippen molar-refractivity contribution in [3.63, 3.8) is 0 Å². The monoisotopic (exact) mass is 320 g/mol. The Hall–Kier alpha value is -3.41. The van der Waals surface area contributed by atoms with Crippen molar-refractivity contribution in [1.82, 2.24) is 15.0 Å². The lowest BCUT2D eigenvalue weighted by molar-refractivity contribution is 0.628. The first-order valence-electron chi connectivity index (χ1n) is 7.36. The van der Waals surface area contributed by atoms with Gasteiger partial charge in [-0.2, -0.15) is 4.98 Å². The van der Waals surface area contributed by atoms with Gasteiger partial charge in [-0.05, 0) is 23.3 Å². The Labute approximate surface area is 136 Å². The zero-order valence-electron chi connectivity index (χ0n) is 12.5. The first-order valence-corrected chi connectivity index (χ1v) is 7.36. The summed E-state index contributed by atoms with van der Waals surface area (Å²) in [5, 5.41) is 0.355. The second-order valence-electron chi connectivity index (χ2n) is 5.43. The molecule has 5 nitrogen and oxygen atoms in total. The van der Waals surface area contributed by atoms with Gasteiger partial charge in [-0.25, -0.2) is 4.39 Å². The van der Waals surface area contributed by atoms with Crippen molar-refractivity contribution in [3.05, 3.63) is 70.8 Å². The zero-order valence-corrected chi connectivity index (χ0v) is 12.5. The van der Waals surface area contributed by atoms with Gasteiger partial charge in [0.15, 0.2) is 0 Å². The summed E-state index contributed by atoms with van der Waals surface area (Å²) in [6, 6.07) is 15.6. The molecule has 4 rings (SSSR count). The maximum Gasteiger partial charge on any atom is 0.262 e. The van der Waals surface area contributed by atoms with Gasteiger partial charge < -0.3 is 10.7 Å². The van der Waals surface area contributed by atoms with Crippen LogP contribution in [0.2, 0.25) is 0 Å². The van der Waals surface area contributed by atoms with Crippen molar-refractivity contribution < 1.29 is 4.39 Å². The SMILES string of the molecule is Nc1nc2[nH]c(-c3ccccc3)c(-c3cccc(F)c3)c2c(=O)[nH]1. The Morgan fingerprint density at radius 1 is 0.958 bits per heavy atom. The third-order valence-electron chi connectivity index (χ3n) is 3.86. The van der Waals surface area contributed by atoms with E-state index >= 15 is 0 Å². The number of aromatic amines is 2. The van der Waals surface area contributed by atoms with Crippen molar-refractivity contribution >= 4 is 17.0 Å². The number of aromatic nitrogens is 3. The average Bonchev–Trinajstić information content (AvgIpc) is 2.95. The number of hydrogen-bond donors (Lipinski definition) is 3. The second kappa shape index (κ2) is 5.34. The number of rotatable bonds is 2. The molecule has 0 amide bonds. The van der Waals surface area contributed by atoms with Crippen LogP contribution in [-0.2, 0) is 0 Å². The lowest BCUT2D eigenvalue weighted by Crippen LogP contribution is -2.10. The maximum atomic E-state index is 13.7. The fourth-order valence-corrected chi connectivity index (χ4v) is 2.87. The van der Waals surface area contributed by atoms with E-state index in [2.05, 4.69) is 15.0 Å². The summed E-state index contributed by atoms with van der Waals surface area (Å²) < 4.78 is 13.7. The van der Waals surface area contributed by atoms with Crippen LogP contribution in [0.25, 0.3) is 33.4 Å². The highest BCUT2D eigenvalue weighted by atomic mass is 19.1. The van der Waals surface area contributed by atoms with Crippen molar-refractivity contribution in [3.8, 4) is 22.4 Å². The van der Waals surface area contributed by atoms with Gasteiger partial charge in [0.2, 0.25) is 5.95 Å². The first-order chi connectivity index (χ1) is 11.6. The largest absolute Gasteiger partial charge is 0.369 e. The van der Waals surface area contributed by atoms with Gasteiger partial charge in [-0.3, -0.25) is 9.78 Å². The number of nitrogens with zero attached hydrogens (tertiary/aromatic N) is 1. The molecule has 2 heterocycles. The van der Waals surface area contributed by atoms with E-state index in [1.807, 2.05) is 30.3 Å². The highest BCUT2D eigenvalue weighted by Gasteiger charge is 2.19. The molecule has 6 heteroatoms. The number of hydrogen-bond acceptors (Lipinski definition) is 3. The summed E-state index contributed by atoms with van der Waals surface area (Å²) in [6.45, 7) is 0. The first kappa shape index (κ1) is 14.2. The highest BCUT2D eigenvalue weighted by Crippen LogP contribution is 2.36. The number of nitrogens with two attached hydrogens (primary N) is 1. The lowest BCUT2D eigenvalue weighted by atomic mass is 9.99. The molecule has 0 atom stereocenters. The molecule has 0 radical (unpaired) electrons. The van der Waals surface area contributed by atoms with Gasteiger partial charge in [0.25, 0.3) is 5.56 Å². The molecule has 2 aromatic heterocycles. The van der Waals surface area contributed by atoms with Crippen LogP contribution in [0.5, 0.6) is 0 Å². The third-order valence-corrected chi connectivity index (χ3v) is 3.86. The standard InChI is InChI=1S/C18H13FN4O/c19-12-8-4-7-11(9-12)13-14-16(22-18(20)23-17(14)24)21-15(13)10-5-2-1-3-6-10/h1-9H,(H4,20,21,22,23,24). The smallest absolute Gasteiger partial charge is 0.262 e. The fraction of sp³-hybridized carbons (Fsp3) is 0. The predicted molar refractivity (Wildman–Crippen MR) is 92.0 cm³/mol. The Morgan fingerprint density at radius 2 is 1.71 bits per heavy atom. The summed E-state index contributed by atoms with van der Waals surface area (Å²) >= 11 is 0. The molecule has 24 heavy (non-hydrogen) atoms. The Bertz CT molecular complexity index is 1100. The van der Waals surface area contributed by atoms with Crippen molar-refractivity contribution in [2.45, 2.75) is 0 Å². The van der Waals surface area contributed by atoms with E-state index in [-0.39, 0.29) is 17.3 Å². The molecule has 4 aromatic rings. The minimum atomic E-state index is -0.374. The minimum Gasteiger partial charge on any atom is -0.369 e. The van der Waals surface area contributed by atoms with Gasteiger partial charge in [0, 0.05) is 5.56 Å². The molecule has 0 aliphatic carbocycles. The quantitative estimate of drug-likeness (QED) is 0.529. The Balaban J connectivity index is 2.14. The van der Waals surface area contributed by atoms with Crippen molar-refractivity contribution in [2.24, 2.45) is 0 Å². The summed E-state index contributed by atoms with van der Waals surface area (Å²) in [4.78, 5) is 22.2. The van der Waals surface area contributed by atoms with Crippen LogP contribution >= 0.6 is 0 Å². The molecule has 0 aliphatic heterocycles. The van der Waals surface area contributed by atoms with Gasteiger partial charge in [-0.15, -0.1) is 0 Å². The van der Waals surface area contributed by atoms with E-state index in [1.54, 1.807) is 12.1 Å². The summed E-state index contributed by atoms with van der Waals surface area (Å²) in [5.74, 6) is -0.347. The maximum absolute atomic E-state index is 13.7. The van der Waals surface area contributed by atoms with Crippen LogP contribution in [0.1, 0.15) is 0 Å². The molecule has 0 bridgehead atoms. The fourth-order valence-electron chi connectivity index (χ4n) is 2.87. The summed E-state index contributed by atoms with van der Waals surface area (Å²) in [5.41, 5.74) is 8.40. The van der Waals surface area contributed by atoms with Crippen molar-refractivity contribution in [2.75, 3.05) is 5.73 Å². The predicted octanol–water partition coefficient (Wildman–Crippen LogP) is 3.31. The molecule has 118 valence electrons. The minimum absolute atomic E-state index is 0.0270. The number of fused-ring (bicyclic) bond motifs is 1. The van der Waals surface area contributed by atoms with Crippen LogP contribution in [0.3, 0.4) is 0 Å². The Morgan fingerprint density at radius 3 is 2.46 bits per heavy atom. The second-order valence-corrected chi connectivity index (χ2v) is 5.43. The third kappa shape index (κ3) is 2.25. The van der Waals surface area contributed by atoms with Gasteiger partial charge in [0.1, 0.15) is 11.5 Å². The molecule has 0 saturated carbocycles. The highest BCUT2D eigenvalue weighted by molar-refractivity contribution is 6.02. The molecular weight excluding hydrogens is 307 g/mol. The molecule has 0 saturated heterocycles. The molecule has 0 aliphatic rings. The summed E-state index contributed by atoms with van der Waals surface area (Å²) in [6.07, 6.45) is 0. The number of halogens is 1. The Kier molecular flexibility index (Phi) is 3.16. The van der Waals surface area contributed by atoms with Gasteiger partial charge in [-0.1, -0.05) is 42.5 Å². The summed E-state index contributed by atoms with van der Waals surface area (Å²) in [7, 11) is 0. The lowest BCUT2D eigenvalue weighted by Gasteiger charge is -2.05. The van der Waals surface area contributed by atoms with E-state index in [1.165, 1.54) is 12.1 Å².